The minimum absolute atomic E-state index is 0.149. The third kappa shape index (κ3) is 5.18. The Morgan fingerprint density at radius 2 is 1.59 bits per heavy atom. The van der Waals surface area contributed by atoms with Crippen LogP contribution in [0.5, 0.6) is 0 Å². The number of halogens is 3. The molecule has 3 aromatic carbocycles. The van der Waals surface area contributed by atoms with E-state index in [1.54, 1.807) is 12.1 Å². The van der Waals surface area contributed by atoms with Gasteiger partial charge in [0.15, 0.2) is 17.5 Å². The number of aromatic nitrogens is 2. The second kappa shape index (κ2) is 9.43. The first-order valence-corrected chi connectivity index (χ1v) is 9.87. The zero-order valence-corrected chi connectivity index (χ0v) is 16.9. The highest BCUT2D eigenvalue weighted by molar-refractivity contribution is 5.92. The molecule has 4 rings (SSSR count). The molecule has 7 heteroatoms. The summed E-state index contributed by atoms with van der Waals surface area (Å²) >= 11 is 0. The van der Waals surface area contributed by atoms with E-state index in [0.717, 1.165) is 17.7 Å². The zero-order valence-electron chi connectivity index (χ0n) is 16.9. The molecule has 1 amide bonds. The van der Waals surface area contributed by atoms with Gasteiger partial charge in [-0.15, -0.1) is 0 Å². The summed E-state index contributed by atoms with van der Waals surface area (Å²) in [5.74, 6) is -2.50. The first-order chi connectivity index (χ1) is 15.5. The van der Waals surface area contributed by atoms with Crippen LogP contribution in [0, 0.1) is 17.5 Å². The van der Waals surface area contributed by atoms with Crippen LogP contribution in [0.1, 0.15) is 16.8 Å². The summed E-state index contributed by atoms with van der Waals surface area (Å²) < 4.78 is 39.8. The van der Waals surface area contributed by atoms with Crippen LogP contribution >= 0.6 is 0 Å². The van der Waals surface area contributed by atoms with Crippen molar-refractivity contribution < 1.29 is 18.0 Å². The Balaban J connectivity index is 1.61. The molecular weight excluding hydrogens is 415 g/mol. The van der Waals surface area contributed by atoms with Gasteiger partial charge in [-0.1, -0.05) is 36.4 Å². The molecule has 1 N–H and O–H groups in total. The standard InChI is InChI=1S/C25H18F3N3O/c26-19-9-7-18(8-10-19)23-15-29-25(22(30-23)13-16-4-2-1-3-5-16)31-24(32)14-17-6-11-20(27)21(28)12-17/h1-12,15H,13-14H2,(H,29,31,32). The Morgan fingerprint density at radius 1 is 0.844 bits per heavy atom. The van der Waals surface area contributed by atoms with Crippen LogP contribution in [0.2, 0.25) is 0 Å². The van der Waals surface area contributed by atoms with Crippen LogP contribution in [0.4, 0.5) is 19.0 Å². The van der Waals surface area contributed by atoms with Crippen LogP contribution in [-0.4, -0.2) is 15.9 Å². The maximum absolute atomic E-state index is 13.4. The van der Waals surface area contributed by atoms with Crippen molar-refractivity contribution in [1.29, 1.82) is 0 Å². The topological polar surface area (TPSA) is 54.9 Å². The minimum atomic E-state index is -1.01. The number of carbonyl (C=O) groups is 1. The fourth-order valence-corrected chi connectivity index (χ4v) is 3.22. The van der Waals surface area contributed by atoms with Crippen molar-refractivity contribution in [2.45, 2.75) is 12.8 Å². The summed E-state index contributed by atoms with van der Waals surface area (Å²) in [5.41, 5.74) is 3.05. The van der Waals surface area contributed by atoms with Crippen molar-refractivity contribution >= 4 is 11.7 Å². The summed E-state index contributed by atoms with van der Waals surface area (Å²) in [4.78, 5) is 21.5. The third-order valence-electron chi connectivity index (χ3n) is 4.81. The lowest BCUT2D eigenvalue weighted by Gasteiger charge is -2.12. The number of nitrogens with zero attached hydrogens (tertiary/aromatic N) is 2. The summed E-state index contributed by atoms with van der Waals surface area (Å²) in [6.07, 6.45) is 1.75. The third-order valence-corrected chi connectivity index (χ3v) is 4.81. The predicted molar refractivity (Wildman–Crippen MR) is 115 cm³/mol. The predicted octanol–water partition coefficient (Wildman–Crippen LogP) is 5.33. The Labute approximate surface area is 182 Å². The van der Waals surface area contributed by atoms with Gasteiger partial charge in [0.1, 0.15) is 5.82 Å². The van der Waals surface area contributed by atoms with Crippen molar-refractivity contribution in [1.82, 2.24) is 9.97 Å². The highest BCUT2D eigenvalue weighted by atomic mass is 19.2. The van der Waals surface area contributed by atoms with Crippen molar-refractivity contribution in [3.63, 3.8) is 0 Å². The summed E-state index contributed by atoms with van der Waals surface area (Å²) in [5, 5.41) is 2.71. The van der Waals surface area contributed by atoms with Crippen molar-refractivity contribution in [2.75, 3.05) is 5.32 Å². The molecule has 0 aliphatic carbocycles. The van der Waals surface area contributed by atoms with Crippen molar-refractivity contribution in [3.05, 3.63) is 113 Å². The Kier molecular flexibility index (Phi) is 6.26. The SMILES string of the molecule is O=C(Cc1ccc(F)c(F)c1)Nc1ncc(-c2ccc(F)cc2)nc1Cc1ccccc1. The van der Waals surface area contributed by atoms with Crippen molar-refractivity contribution in [3.8, 4) is 11.3 Å². The number of hydrogen-bond acceptors (Lipinski definition) is 3. The summed E-state index contributed by atoms with van der Waals surface area (Å²) in [6, 6.07) is 18.8. The highest BCUT2D eigenvalue weighted by Crippen LogP contribution is 2.22. The van der Waals surface area contributed by atoms with E-state index in [-0.39, 0.29) is 18.1 Å². The molecule has 4 nitrogen and oxygen atoms in total. The molecule has 32 heavy (non-hydrogen) atoms. The molecule has 4 aromatic rings. The molecule has 0 saturated heterocycles. The van der Waals surface area contributed by atoms with Gasteiger partial charge in [-0.3, -0.25) is 4.79 Å². The van der Waals surface area contributed by atoms with Gasteiger partial charge in [-0.2, -0.15) is 0 Å². The molecule has 0 saturated carbocycles. The molecule has 160 valence electrons. The first-order valence-electron chi connectivity index (χ1n) is 9.87. The first kappa shape index (κ1) is 21.2. The lowest BCUT2D eigenvalue weighted by molar-refractivity contribution is -0.115. The smallest absolute Gasteiger partial charge is 0.229 e. The summed E-state index contributed by atoms with van der Waals surface area (Å²) in [6.45, 7) is 0. The fourth-order valence-electron chi connectivity index (χ4n) is 3.22. The zero-order chi connectivity index (χ0) is 22.5. The quantitative estimate of drug-likeness (QED) is 0.447. The normalized spacial score (nSPS) is 10.7. The van der Waals surface area contributed by atoms with E-state index in [1.807, 2.05) is 30.3 Å². The molecule has 1 aromatic heterocycles. The second-order valence-corrected chi connectivity index (χ2v) is 7.19. The van der Waals surface area contributed by atoms with Gasteiger partial charge < -0.3 is 5.32 Å². The average Bonchev–Trinajstić information content (AvgIpc) is 2.79. The maximum Gasteiger partial charge on any atom is 0.229 e. The van der Waals surface area contributed by atoms with E-state index in [9.17, 15) is 18.0 Å². The molecular formula is C25H18F3N3O. The molecule has 0 aliphatic rings. The van der Waals surface area contributed by atoms with Crippen LogP contribution in [0.15, 0.2) is 79.0 Å². The number of carbonyl (C=O) groups excluding carboxylic acids is 1. The van der Waals surface area contributed by atoms with Crippen LogP contribution in [-0.2, 0) is 17.6 Å². The van der Waals surface area contributed by atoms with E-state index in [2.05, 4.69) is 15.3 Å². The second-order valence-electron chi connectivity index (χ2n) is 7.19. The van der Waals surface area contributed by atoms with Crippen LogP contribution in [0.3, 0.4) is 0 Å². The molecule has 0 spiro atoms. The van der Waals surface area contributed by atoms with E-state index in [1.165, 1.54) is 24.4 Å². The lowest BCUT2D eigenvalue weighted by atomic mass is 10.1. The summed E-state index contributed by atoms with van der Waals surface area (Å²) in [7, 11) is 0. The molecule has 0 fully saturated rings. The molecule has 0 bridgehead atoms. The fraction of sp³-hybridized carbons (Fsp3) is 0.0800. The number of benzene rings is 3. The minimum Gasteiger partial charge on any atom is -0.309 e. The monoisotopic (exact) mass is 433 g/mol. The Hall–Kier alpha value is -4.00. The van der Waals surface area contributed by atoms with E-state index in [0.29, 0.717) is 28.9 Å². The number of nitrogens with one attached hydrogen (secondary N) is 1. The molecule has 0 radical (unpaired) electrons. The van der Waals surface area contributed by atoms with Gasteiger partial charge in [0.25, 0.3) is 0 Å². The Bertz CT molecular complexity index is 1250. The highest BCUT2D eigenvalue weighted by Gasteiger charge is 2.14. The molecule has 1 heterocycles. The lowest BCUT2D eigenvalue weighted by Crippen LogP contribution is -2.18. The van der Waals surface area contributed by atoms with Gasteiger partial charge in [0, 0.05) is 12.0 Å². The van der Waals surface area contributed by atoms with Crippen LogP contribution in [0.25, 0.3) is 11.3 Å². The van der Waals surface area contributed by atoms with Gasteiger partial charge in [-0.25, -0.2) is 23.1 Å². The van der Waals surface area contributed by atoms with Gasteiger partial charge in [0.2, 0.25) is 5.91 Å². The maximum atomic E-state index is 13.4. The van der Waals surface area contributed by atoms with E-state index >= 15 is 0 Å². The molecule has 0 unspecified atom stereocenters. The van der Waals surface area contributed by atoms with Gasteiger partial charge >= 0.3 is 0 Å². The number of anilines is 1. The number of hydrogen-bond donors (Lipinski definition) is 1. The Morgan fingerprint density at radius 3 is 2.31 bits per heavy atom. The average molecular weight is 433 g/mol. The van der Waals surface area contributed by atoms with Gasteiger partial charge in [-0.05, 0) is 47.5 Å². The van der Waals surface area contributed by atoms with Gasteiger partial charge in [0.05, 0.1) is 24.0 Å². The van der Waals surface area contributed by atoms with E-state index < -0.39 is 17.5 Å². The molecule has 0 aliphatic heterocycles. The van der Waals surface area contributed by atoms with Crippen LogP contribution < -0.4 is 5.32 Å². The van der Waals surface area contributed by atoms with Crippen molar-refractivity contribution in [2.24, 2.45) is 0 Å². The largest absolute Gasteiger partial charge is 0.309 e. The number of rotatable bonds is 6. The number of amides is 1. The van der Waals surface area contributed by atoms with E-state index in [4.69, 9.17) is 0 Å². The molecule has 0 atom stereocenters.